The van der Waals surface area contributed by atoms with E-state index in [1.54, 1.807) is 0 Å². The summed E-state index contributed by atoms with van der Waals surface area (Å²) in [6, 6.07) is 4.02. The van der Waals surface area contributed by atoms with Crippen molar-refractivity contribution in [2.75, 3.05) is 5.94 Å². The molecule has 0 saturated carbocycles. The van der Waals surface area contributed by atoms with E-state index >= 15 is 0 Å². The van der Waals surface area contributed by atoms with Crippen molar-refractivity contribution in [1.29, 1.82) is 0 Å². The maximum absolute atomic E-state index is 11.2. The fraction of sp³-hybridized carbons (Fsp3) is 0.143. The van der Waals surface area contributed by atoms with Gasteiger partial charge in [0.15, 0.2) is 5.94 Å². The normalized spacial score (nSPS) is 18.3. The van der Waals surface area contributed by atoms with Gasteiger partial charge >= 0.3 is 0 Å². The van der Waals surface area contributed by atoms with Gasteiger partial charge in [0.2, 0.25) is 9.84 Å². The molecule has 1 aliphatic heterocycles. The summed E-state index contributed by atoms with van der Waals surface area (Å²) in [6.45, 7) is 0. The average molecular weight is 186 g/mol. The van der Waals surface area contributed by atoms with Crippen LogP contribution >= 0.6 is 0 Å². The number of rotatable bonds is 0. The lowest BCUT2D eigenvalue weighted by Crippen LogP contribution is -2.01. The molecule has 1 N–H and O–H groups in total. The molecule has 0 amide bonds. The van der Waals surface area contributed by atoms with E-state index in [9.17, 15) is 8.42 Å². The molecule has 1 aliphatic rings. The first-order valence-corrected chi connectivity index (χ1v) is 4.93. The molecule has 1 aromatic rings. The molecule has 4 nitrogen and oxygen atoms in total. The van der Waals surface area contributed by atoms with Crippen LogP contribution in [0.3, 0.4) is 0 Å². The third-order valence-corrected chi connectivity index (χ3v) is 3.05. The molecule has 0 atom stereocenters. The second-order valence-corrected chi connectivity index (χ2v) is 4.41. The standard InChI is InChI=1S/C7H6O4S/c8-5-1-2-6-7(3-5)12(9,10)4-11-6/h1-3,8H,4H2. The summed E-state index contributed by atoms with van der Waals surface area (Å²) in [5, 5.41) is 9.01. The highest BCUT2D eigenvalue weighted by molar-refractivity contribution is 7.91. The molecule has 0 aromatic heterocycles. The van der Waals surface area contributed by atoms with Gasteiger partial charge in [0, 0.05) is 6.07 Å². The Labute approximate surface area is 69.3 Å². The molecule has 64 valence electrons. The Morgan fingerprint density at radius 3 is 2.92 bits per heavy atom. The number of hydrogen-bond acceptors (Lipinski definition) is 4. The van der Waals surface area contributed by atoms with Crippen molar-refractivity contribution in [3.63, 3.8) is 0 Å². The monoisotopic (exact) mass is 186 g/mol. The van der Waals surface area contributed by atoms with E-state index in [1.807, 2.05) is 0 Å². The van der Waals surface area contributed by atoms with Crippen molar-refractivity contribution in [2.24, 2.45) is 0 Å². The number of phenolic OH excluding ortho intramolecular Hbond substituents is 1. The van der Waals surface area contributed by atoms with Crippen molar-refractivity contribution in [2.45, 2.75) is 4.90 Å². The molecule has 0 aliphatic carbocycles. The number of ether oxygens (including phenoxy) is 1. The molecule has 0 radical (unpaired) electrons. The van der Waals surface area contributed by atoms with E-state index in [1.165, 1.54) is 18.2 Å². The Morgan fingerprint density at radius 2 is 2.17 bits per heavy atom. The van der Waals surface area contributed by atoms with Crippen LogP contribution < -0.4 is 4.74 Å². The van der Waals surface area contributed by atoms with Crippen LogP contribution in [0, 0.1) is 0 Å². The maximum Gasteiger partial charge on any atom is 0.217 e. The summed E-state index contributed by atoms with van der Waals surface area (Å²) < 4.78 is 27.2. The largest absolute Gasteiger partial charge is 0.508 e. The van der Waals surface area contributed by atoms with Crippen LogP contribution in [-0.2, 0) is 9.84 Å². The van der Waals surface area contributed by atoms with Gasteiger partial charge in [-0.1, -0.05) is 0 Å². The summed E-state index contributed by atoms with van der Waals surface area (Å²) in [7, 11) is -3.31. The van der Waals surface area contributed by atoms with Crippen LogP contribution in [0.25, 0.3) is 0 Å². The highest BCUT2D eigenvalue weighted by Crippen LogP contribution is 2.33. The van der Waals surface area contributed by atoms with Gasteiger partial charge in [0.05, 0.1) is 0 Å². The Kier molecular flexibility index (Phi) is 1.32. The quantitative estimate of drug-likeness (QED) is 0.641. The van der Waals surface area contributed by atoms with E-state index in [2.05, 4.69) is 0 Å². The molecule has 12 heavy (non-hydrogen) atoms. The van der Waals surface area contributed by atoms with Gasteiger partial charge in [-0.15, -0.1) is 0 Å². The van der Waals surface area contributed by atoms with Crippen molar-refractivity contribution in [1.82, 2.24) is 0 Å². The third kappa shape index (κ3) is 0.937. The Hall–Kier alpha value is -1.23. The molecule has 0 saturated heterocycles. The molecule has 5 heteroatoms. The van der Waals surface area contributed by atoms with Crippen molar-refractivity contribution in [3.8, 4) is 11.5 Å². The molecule has 0 unspecified atom stereocenters. The Balaban J connectivity index is 2.73. The molecular weight excluding hydrogens is 180 g/mol. The predicted molar refractivity (Wildman–Crippen MR) is 40.8 cm³/mol. The van der Waals surface area contributed by atoms with Gasteiger partial charge in [0.25, 0.3) is 0 Å². The van der Waals surface area contributed by atoms with Crippen molar-refractivity contribution >= 4 is 9.84 Å². The average Bonchev–Trinajstić information content (AvgIpc) is 2.28. The zero-order valence-corrected chi connectivity index (χ0v) is 6.84. The fourth-order valence-electron chi connectivity index (χ4n) is 1.06. The minimum absolute atomic E-state index is 0.0668. The first-order chi connectivity index (χ1) is 5.59. The van der Waals surface area contributed by atoms with Crippen LogP contribution in [0.4, 0.5) is 0 Å². The molecule has 0 fully saturated rings. The number of sulfone groups is 1. The van der Waals surface area contributed by atoms with Crippen LogP contribution in [0.2, 0.25) is 0 Å². The molecule has 1 heterocycles. The molecular formula is C7H6O4S. The summed E-state index contributed by atoms with van der Waals surface area (Å²) >= 11 is 0. The summed E-state index contributed by atoms with van der Waals surface area (Å²) in [5.41, 5.74) is 0. The second-order valence-electron chi connectivity index (χ2n) is 2.51. The SMILES string of the molecule is O=S1(=O)COc2ccc(O)cc21. The van der Waals surface area contributed by atoms with Gasteiger partial charge in [0.1, 0.15) is 16.4 Å². The van der Waals surface area contributed by atoms with Gasteiger partial charge < -0.3 is 9.84 Å². The highest BCUT2D eigenvalue weighted by atomic mass is 32.2. The minimum atomic E-state index is -3.31. The van der Waals surface area contributed by atoms with Crippen LogP contribution in [0.5, 0.6) is 11.5 Å². The molecule has 2 rings (SSSR count). The number of fused-ring (bicyclic) bond motifs is 1. The van der Waals surface area contributed by atoms with Crippen LogP contribution in [0.1, 0.15) is 0 Å². The summed E-state index contributed by atoms with van der Waals surface area (Å²) in [5.74, 6) is -0.0816. The van der Waals surface area contributed by atoms with E-state index in [0.29, 0.717) is 5.75 Å². The van der Waals surface area contributed by atoms with Gasteiger partial charge in [-0.05, 0) is 12.1 Å². The van der Waals surface area contributed by atoms with Crippen LogP contribution in [-0.4, -0.2) is 19.5 Å². The molecule has 0 bridgehead atoms. The lowest BCUT2D eigenvalue weighted by Gasteiger charge is -1.95. The second kappa shape index (κ2) is 2.13. The van der Waals surface area contributed by atoms with E-state index in [4.69, 9.17) is 9.84 Å². The topological polar surface area (TPSA) is 63.6 Å². The first kappa shape index (κ1) is 7.42. The number of phenols is 1. The minimum Gasteiger partial charge on any atom is -0.508 e. The fourth-order valence-corrected chi connectivity index (χ4v) is 2.21. The van der Waals surface area contributed by atoms with Gasteiger partial charge in [-0.25, -0.2) is 8.42 Å². The zero-order chi connectivity index (χ0) is 8.77. The van der Waals surface area contributed by atoms with Gasteiger partial charge in [-0.2, -0.15) is 0 Å². The van der Waals surface area contributed by atoms with Crippen molar-refractivity contribution < 1.29 is 18.3 Å². The van der Waals surface area contributed by atoms with Crippen LogP contribution in [0.15, 0.2) is 23.1 Å². The summed E-state index contributed by atoms with van der Waals surface area (Å²) in [4.78, 5) is 0.0718. The smallest absolute Gasteiger partial charge is 0.217 e. The van der Waals surface area contributed by atoms with E-state index in [0.717, 1.165) is 0 Å². The molecule has 0 spiro atoms. The highest BCUT2D eigenvalue weighted by Gasteiger charge is 2.27. The van der Waals surface area contributed by atoms with E-state index in [-0.39, 0.29) is 16.6 Å². The number of aromatic hydroxyl groups is 1. The van der Waals surface area contributed by atoms with Gasteiger partial charge in [-0.3, -0.25) is 0 Å². The number of benzene rings is 1. The zero-order valence-electron chi connectivity index (χ0n) is 6.02. The van der Waals surface area contributed by atoms with Crippen molar-refractivity contribution in [3.05, 3.63) is 18.2 Å². The Morgan fingerprint density at radius 1 is 1.42 bits per heavy atom. The summed E-state index contributed by atoms with van der Waals surface area (Å²) in [6.07, 6.45) is 0. The lowest BCUT2D eigenvalue weighted by molar-refractivity contribution is 0.388. The first-order valence-electron chi connectivity index (χ1n) is 3.28. The lowest BCUT2D eigenvalue weighted by atomic mass is 10.3. The number of hydrogen-bond donors (Lipinski definition) is 1. The third-order valence-electron chi connectivity index (χ3n) is 1.63. The Bertz CT molecular complexity index is 421. The predicted octanol–water partition coefficient (Wildman–Crippen LogP) is 0.516. The molecule has 1 aromatic carbocycles. The maximum atomic E-state index is 11.2. The van der Waals surface area contributed by atoms with E-state index < -0.39 is 9.84 Å².